The summed E-state index contributed by atoms with van der Waals surface area (Å²) >= 11 is 0. The smallest absolute Gasteiger partial charge is 0.128 e. The van der Waals surface area contributed by atoms with E-state index in [2.05, 4.69) is 27.1 Å². The van der Waals surface area contributed by atoms with Gasteiger partial charge in [0.05, 0.1) is 6.10 Å². The van der Waals surface area contributed by atoms with Gasteiger partial charge in [-0.1, -0.05) is 0 Å². The highest BCUT2D eigenvalue weighted by Crippen LogP contribution is 2.18. The number of aromatic nitrogens is 1. The van der Waals surface area contributed by atoms with Gasteiger partial charge in [-0.15, -0.1) is 0 Å². The average Bonchev–Trinajstić information content (AvgIpc) is 2.37. The minimum absolute atomic E-state index is 0.362. The molecule has 1 saturated heterocycles. The number of hydrogen-bond acceptors (Lipinski definition) is 5. The first-order chi connectivity index (χ1) is 8.65. The Hall–Kier alpha value is -1.33. The van der Waals surface area contributed by atoms with E-state index in [-0.39, 0.29) is 6.10 Å². The molecule has 0 aromatic carbocycles. The maximum absolute atomic E-state index is 9.25. The van der Waals surface area contributed by atoms with Gasteiger partial charge in [0.1, 0.15) is 5.82 Å². The fourth-order valence-corrected chi connectivity index (χ4v) is 2.03. The number of likely N-dealkylation sites (N-methyl/N-ethyl adjacent to an activating group) is 1. The minimum atomic E-state index is -0.362. The maximum atomic E-state index is 9.25. The van der Waals surface area contributed by atoms with Crippen LogP contribution in [0, 0.1) is 0 Å². The fraction of sp³-hybridized carbons (Fsp3) is 0.615. The minimum Gasteiger partial charge on any atom is -0.392 e. The molecule has 1 aromatic rings. The van der Waals surface area contributed by atoms with Crippen molar-refractivity contribution in [3.05, 3.63) is 18.3 Å². The number of hydrogen-bond donors (Lipinski definition) is 2. The molecule has 5 nitrogen and oxygen atoms in total. The molecule has 0 radical (unpaired) electrons. The molecule has 0 bridgehead atoms. The second kappa shape index (κ2) is 6.02. The second-order valence-corrected chi connectivity index (χ2v) is 4.92. The molecule has 18 heavy (non-hydrogen) atoms. The summed E-state index contributed by atoms with van der Waals surface area (Å²) < 4.78 is 0. The lowest BCUT2D eigenvalue weighted by Crippen LogP contribution is -2.44. The summed E-state index contributed by atoms with van der Waals surface area (Å²) in [5.74, 6) is 0.826. The van der Waals surface area contributed by atoms with Crippen LogP contribution in [0.4, 0.5) is 11.5 Å². The number of aliphatic hydroxyl groups is 1. The molecule has 1 aliphatic rings. The molecule has 0 aliphatic carbocycles. The second-order valence-electron chi connectivity index (χ2n) is 4.92. The van der Waals surface area contributed by atoms with E-state index in [0.717, 1.165) is 32.0 Å². The molecule has 1 aromatic heterocycles. The van der Waals surface area contributed by atoms with Crippen LogP contribution < -0.4 is 10.2 Å². The number of anilines is 2. The SMILES string of the molecule is CC(O)CNc1cc(N2CCN(C)CC2)ccn1. The van der Waals surface area contributed by atoms with Crippen molar-refractivity contribution in [3.63, 3.8) is 0 Å². The molecule has 0 amide bonds. The van der Waals surface area contributed by atoms with E-state index in [4.69, 9.17) is 0 Å². The van der Waals surface area contributed by atoms with Crippen molar-refractivity contribution in [1.82, 2.24) is 9.88 Å². The highest BCUT2D eigenvalue weighted by Gasteiger charge is 2.14. The number of nitrogens with one attached hydrogen (secondary N) is 1. The standard InChI is InChI=1S/C13H22N4O/c1-11(18)10-15-13-9-12(3-4-14-13)17-7-5-16(2)6-8-17/h3-4,9,11,18H,5-8,10H2,1-2H3,(H,14,15). The Kier molecular flexibility index (Phi) is 4.38. The third kappa shape index (κ3) is 3.58. The van der Waals surface area contributed by atoms with Crippen LogP contribution >= 0.6 is 0 Å². The van der Waals surface area contributed by atoms with Gasteiger partial charge in [0.2, 0.25) is 0 Å². The van der Waals surface area contributed by atoms with Gasteiger partial charge in [-0.3, -0.25) is 0 Å². The van der Waals surface area contributed by atoms with Gasteiger partial charge in [0.25, 0.3) is 0 Å². The molecule has 0 spiro atoms. The molecule has 100 valence electrons. The largest absolute Gasteiger partial charge is 0.392 e. The molecule has 1 unspecified atom stereocenters. The van der Waals surface area contributed by atoms with Crippen molar-refractivity contribution in [1.29, 1.82) is 0 Å². The van der Waals surface area contributed by atoms with Crippen LogP contribution in [0.1, 0.15) is 6.92 Å². The van der Waals surface area contributed by atoms with Crippen molar-refractivity contribution in [2.45, 2.75) is 13.0 Å². The Balaban J connectivity index is 1.98. The Bertz CT molecular complexity index is 375. The molecule has 5 heteroatoms. The van der Waals surface area contributed by atoms with Crippen molar-refractivity contribution in [2.24, 2.45) is 0 Å². The van der Waals surface area contributed by atoms with Gasteiger partial charge < -0.3 is 20.2 Å². The molecular formula is C13H22N4O. The summed E-state index contributed by atoms with van der Waals surface area (Å²) in [5.41, 5.74) is 1.20. The zero-order chi connectivity index (χ0) is 13.0. The van der Waals surface area contributed by atoms with E-state index in [1.54, 1.807) is 6.92 Å². The molecule has 1 aliphatic heterocycles. The normalized spacial score (nSPS) is 18.7. The van der Waals surface area contributed by atoms with E-state index in [0.29, 0.717) is 6.54 Å². The topological polar surface area (TPSA) is 51.6 Å². The zero-order valence-electron chi connectivity index (χ0n) is 11.1. The van der Waals surface area contributed by atoms with Gasteiger partial charge in [0.15, 0.2) is 0 Å². The predicted octanol–water partition coefficient (Wildman–Crippen LogP) is 0.626. The van der Waals surface area contributed by atoms with Crippen molar-refractivity contribution in [3.8, 4) is 0 Å². The van der Waals surface area contributed by atoms with Crippen LogP contribution in [0.25, 0.3) is 0 Å². The Morgan fingerprint density at radius 2 is 2.11 bits per heavy atom. The summed E-state index contributed by atoms with van der Waals surface area (Å²) in [4.78, 5) is 8.97. The molecule has 1 atom stereocenters. The van der Waals surface area contributed by atoms with Crippen LogP contribution in [0.2, 0.25) is 0 Å². The number of piperazine rings is 1. The van der Waals surface area contributed by atoms with Crippen LogP contribution in [-0.2, 0) is 0 Å². The highest BCUT2D eigenvalue weighted by atomic mass is 16.3. The van der Waals surface area contributed by atoms with Gasteiger partial charge in [0, 0.05) is 50.7 Å². The fourth-order valence-electron chi connectivity index (χ4n) is 2.03. The van der Waals surface area contributed by atoms with Crippen LogP contribution in [0.15, 0.2) is 18.3 Å². The Morgan fingerprint density at radius 1 is 1.39 bits per heavy atom. The van der Waals surface area contributed by atoms with Crippen LogP contribution in [0.3, 0.4) is 0 Å². The van der Waals surface area contributed by atoms with Gasteiger partial charge in [-0.2, -0.15) is 0 Å². The Labute approximate surface area is 108 Å². The van der Waals surface area contributed by atoms with E-state index < -0.39 is 0 Å². The summed E-state index contributed by atoms with van der Waals surface area (Å²) in [6.45, 7) is 6.58. The predicted molar refractivity (Wildman–Crippen MR) is 74.1 cm³/mol. The molecule has 2 heterocycles. The summed E-state index contributed by atoms with van der Waals surface area (Å²) in [6, 6.07) is 4.09. The quantitative estimate of drug-likeness (QED) is 0.821. The maximum Gasteiger partial charge on any atom is 0.128 e. The summed E-state index contributed by atoms with van der Waals surface area (Å²) in [7, 11) is 2.15. The van der Waals surface area contributed by atoms with Crippen molar-refractivity contribution in [2.75, 3.05) is 50.0 Å². The lowest BCUT2D eigenvalue weighted by atomic mass is 10.2. The number of nitrogens with zero attached hydrogens (tertiary/aromatic N) is 3. The van der Waals surface area contributed by atoms with E-state index in [1.807, 2.05) is 18.3 Å². The highest BCUT2D eigenvalue weighted by molar-refractivity contribution is 5.54. The van der Waals surface area contributed by atoms with Gasteiger partial charge in [-0.05, 0) is 20.0 Å². The first kappa shape index (κ1) is 13.1. The first-order valence-corrected chi connectivity index (χ1v) is 6.46. The summed E-state index contributed by atoms with van der Waals surface area (Å²) in [5, 5.41) is 12.4. The number of rotatable bonds is 4. The van der Waals surface area contributed by atoms with Crippen LogP contribution in [-0.4, -0.2) is 60.9 Å². The molecule has 0 saturated carbocycles. The third-order valence-corrected chi connectivity index (χ3v) is 3.19. The molecular weight excluding hydrogens is 228 g/mol. The number of aliphatic hydroxyl groups excluding tert-OH is 1. The van der Waals surface area contributed by atoms with Crippen molar-refractivity contribution < 1.29 is 5.11 Å². The van der Waals surface area contributed by atoms with E-state index >= 15 is 0 Å². The van der Waals surface area contributed by atoms with Crippen molar-refractivity contribution >= 4 is 11.5 Å². The van der Waals surface area contributed by atoms with E-state index in [9.17, 15) is 5.11 Å². The average molecular weight is 250 g/mol. The molecule has 2 N–H and O–H groups in total. The molecule has 1 fully saturated rings. The lowest BCUT2D eigenvalue weighted by molar-refractivity contribution is 0.208. The Morgan fingerprint density at radius 3 is 2.78 bits per heavy atom. The van der Waals surface area contributed by atoms with E-state index in [1.165, 1.54) is 5.69 Å². The first-order valence-electron chi connectivity index (χ1n) is 6.46. The third-order valence-electron chi connectivity index (χ3n) is 3.19. The molecule has 2 rings (SSSR count). The van der Waals surface area contributed by atoms with Gasteiger partial charge in [-0.25, -0.2) is 4.98 Å². The van der Waals surface area contributed by atoms with Crippen LogP contribution in [0.5, 0.6) is 0 Å². The summed E-state index contributed by atoms with van der Waals surface area (Å²) in [6.07, 6.45) is 1.46. The lowest BCUT2D eigenvalue weighted by Gasteiger charge is -2.34. The monoisotopic (exact) mass is 250 g/mol. The number of pyridine rings is 1. The zero-order valence-corrected chi connectivity index (χ0v) is 11.1. The van der Waals surface area contributed by atoms with Gasteiger partial charge >= 0.3 is 0 Å².